The molecular weight excluding hydrogens is 324 g/mol. The minimum atomic E-state index is -1.20. The Balaban J connectivity index is 2.11. The fraction of sp³-hybridized carbons (Fsp3) is 0.667. The van der Waals surface area contributed by atoms with Crippen molar-refractivity contribution in [3.63, 3.8) is 0 Å². The number of hydrogen-bond acceptors (Lipinski definition) is 0. The molecule has 0 spiro atoms. The van der Waals surface area contributed by atoms with Crippen LogP contribution in [0.5, 0.6) is 0 Å². The third kappa shape index (κ3) is 3.76. The first-order chi connectivity index (χ1) is 9.72. The zero-order valence-corrected chi connectivity index (χ0v) is 15.7. The topological polar surface area (TPSA) is 0 Å². The third-order valence-corrected chi connectivity index (χ3v) is 11.5. The molecule has 112 valence electrons. The predicted molar refractivity (Wildman–Crippen MR) is 97.0 cm³/mol. The maximum absolute atomic E-state index is 3.58. The quantitative estimate of drug-likeness (QED) is 0.458. The molecule has 1 aromatic carbocycles. The van der Waals surface area contributed by atoms with Gasteiger partial charge < -0.3 is 0 Å². The molecule has 0 amide bonds. The van der Waals surface area contributed by atoms with Crippen molar-refractivity contribution in [2.45, 2.75) is 64.1 Å². The molecule has 0 saturated carbocycles. The van der Waals surface area contributed by atoms with Gasteiger partial charge in [0, 0.05) is 5.33 Å². The molecule has 1 aromatic rings. The van der Waals surface area contributed by atoms with E-state index in [1.54, 1.807) is 22.8 Å². The van der Waals surface area contributed by atoms with Gasteiger partial charge >= 0.3 is 0 Å². The van der Waals surface area contributed by atoms with E-state index in [1.807, 2.05) is 0 Å². The van der Waals surface area contributed by atoms with Gasteiger partial charge in [0.25, 0.3) is 0 Å². The van der Waals surface area contributed by atoms with Gasteiger partial charge in [-0.1, -0.05) is 95.3 Å². The Hall–Kier alpha value is -0.0831. The fourth-order valence-corrected chi connectivity index (χ4v) is 10.3. The maximum Gasteiger partial charge on any atom is 0.0870 e. The van der Waals surface area contributed by atoms with E-state index < -0.39 is 8.07 Å². The first-order valence-corrected chi connectivity index (χ1v) is 12.1. The second-order valence-corrected chi connectivity index (χ2v) is 12.0. The van der Waals surface area contributed by atoms with Gasteiger partial charge in [-0.15, -0.1) is 0 Å². The van der Waals surface area contributed by atoms with Crippen LogP contribution in [0.3, 0.4) is 0 Å². The van der Waals surface area contributed by atoms with Crippen molar-refractivity contribution in [3.8, 4) is 0 Å². The summed E-state index contributed by atoms with van der Waals surface area (Å²) >= 11 is 3.58. The van der Waals surface area contributed by atoms with Crippen LogP contribution in [0.15, 0.2) is 24.3 Å². The molecule has 0 unspecified atom stereocenters. The van der Waals surface area contributed by atoms with Crippen LogP contribution in [0.25, 0.3) is 0 Å². The highest BCUT2D eigenvalue weighted by molar-refractivity contribution is 9.09. The number of aryl methyl sites for hydroxylation is 1. The Labute approximate surface area is 134 Å². The minimum absolute atomic E-state index is 1.01. The Morgan fingerprint density at radius 3 is 2.50 bits per heavy atom. The van der Waals surface area contributed by atoms with Crippen LogP contribution in [-0.4, -0.2) is 13.4 Å². The van der Waals surface area contributed by atoms with E-state index in [4.69, 9.17) is 0 Å². The van der Waals surface area contributed by atoms with Crippen LogP contribution in [0.2, 0.25) is 18.1 Å². The van der Waals surface area contributed by atoms with Crippen molar-refractivity contribution in [2.24, 2.45) is 5.92 Å². The van der Waals surface area contributed by atoms with Crippen molar-refractivity contribution in [1.82, 2.24) is 0 Å². The SMILES string of the molecule is CCC[Si]1(c2ccccc2C)CCC(CCCBr)CC1. The van der Waals surface area contributed by atoms with Crippen LogP contribution in [-0.2, 0) is 0 Å². The Morgan fingerprint density at radius 1 is 1.20 bits per heavy atom. The Morgan fingerprint density at radius 2 is 1.90 bits per heavy atom. The predicted octanol–water partition coefficient (Wildman–Crippen LogP) is 5.65. The molecule has 1 aliphatic rings. The van der Waals surface area contributed by atoms with Gasteiger partial charge in [0.1, 0.15) is 0 Å². The fourth-order valence-electron chi connectivity index (χ4n) is 4.19. The standard InChI is InChI=1S/C18H29BrSi/c1-3-13-20(18-9-5-4-7-16(18)2)14-10-17(11-15-20)8-6-12-19/h4-5,7,9,17H,3,6,8,10-15H2,1-2H3. The summed E-state index contributed by atoms with van der Waals surface area (Å²) in [5.74, 6) is 1.01. The van der Waals surface area contributed by atoms with Gasteiger partial charge in [-0.3, -0.25) is 0 Å². The van der Waals surface area contributed by atoms with Gasteiger partial charge in [-0.25, -0.2) is 0 Å². The van der Waals surface area contributed by atoms with E-state index in [0.29, 0.717) is 0 Å². The van der Waals surface area contributed by atoms with E-state index in [-0.39, 0.29) is 0 Å². The maximum atomic E-state index is 3.58. The summed E-state index contributed by atoms with van der Waals surface area (Å²) in [4.78, 5) is 0. The van der Waals surface area contributed by atoms with Crippen molar-refractivity contribution < 1.29 is 0 Å². The van der Waals surface area contributed by atoms with Crippen molar-refractivity contribution in [3.05, 3.63) is 29.8 Å². The summed E-state index contributed by atoms with van der Waals surface area (Å²) in [6.07, 6.45) is 7.15. The lowest BCUT2D eigenvalue weighted by atomic mass is 9.97. The Kier molecular flexibility index (Phi) is 6.35. The molecule has 0 aromatic heterocycles. The average Bonchev–Trinajstić information content (AvgIpc) is 2.47. The highest BCUT2D eigenvalue weighted by atomic mass is 79.9. The van der Waals surface area contributed by atoms with Crippen LogP contribution < -0.4 is 5.19 Å². The van der Waals surface area contributed by atoms with Crippen LogP contribution >= 0.6 is 15.9 Å². The summed E-state index contributed by atoms with van der Waals surface area (Å²) < 4.78 is 0. The molecule has 0 aliphatic carbocycles. The molecule has 0 atom stereocenters. The molecule has 0 bridgehead atoms. The summed E-state index contributed by atoms with van der Waals surface area (Å²) in [5.41, 5.74) is 1.56. The molecule has 1 saturated heterocycles. The molecule has 20 heavy (non-hydrogen) atoms. The van der Waals surface area contributed by atoms with Crippen molar-refractivity contribution in [1.29, 1.82) is 0 Å². The van der Waals surface area contributed by atoms with E-state index in [0.717, 1.165) is 5.92 Å². The largest absolute Gasteiger partial charge is 0.0928 e. The normalized spacial score (nSPS) is 26.6. The number of benzene rings is 1. The highest BCUT2D eigenvalue weighted by Gasteiger charge is 2.38. The van der Waals surface area contributed by atoms with E-state index in [2.05, 4.69) is 54.0 Å². The summed E-state index contributed by atoms with van der Waals surface area (Å²) in [5, 5.41) is 2.96. The number of alkyl halides is 1. The Bertz CT molecular complexity index is 408. The molecule has 1 aliphatic heterocycles. The summed E-state index contributed by atoms with van der Waals surface area (Å²) in [7, 11) is -1.20. The zero-order valence-electron chi connectivity index (χ0n) is 13.1. The molecule has 0 radical (unpaired) electrons. The summed E-state index contributed by atoms with van der Waals surface area (Å²) in [6.45, 7) is 4.71. The smallest absolute Gasteiger partial charge is 0.0870 e. The monoisotopic (exact) mass is 352 g/mol. The second kappa shape index (κ2) is 7.79. The first kappa shape index (κ1) is 16.3. The lowest BCUT2D eigenvalue weighted by Gasteiger charge is -2.40. The lowest BCUT2D eigenvalue weighted by molar-refractivity contribution is 0.431. The molecule has 1 fully saturated rings. The third-order valence-electron chi connectivity index (χ3n) is 5.25. The van der Waals surface area contributed by atoms with Gasteiger partial charge in [-0.2, -0.15) is 0 Å². The number of halogens is 1. The molecule has 0 nitrogen and oxygen atoms in total. The van der Waals surface area contributed by atoms with Crippen molar-refractivity contribution in [2.75, 3.05) is 5.33 Å². The molecule has 2 rings (SSSR count). The minimum Gasteiger partial charge on any atom is -0.0928 e. The number of rotatable bonds is 6. The van der Waals surface area contributed by atoms with Gasteiger partial charge in [0.05, 0.1) is 8.07 Å². The van der Waals surface area contributed by atoms with Gasteiger partial charge in [0.2, 0.25) is 0 Å². The molecule has 1 heterocycles. The summed E-state index contributed by atoms with van der Waals surface area (Å²) in [6, 6.07) is 13.8. The molecule has 0 N–H and O–H groups in total. The van der Waals surface area contributed by atoms with Crippen LogP contribution in [0.1, 0.15) is 44.6 Å². The second-order valence-electron chi connectivity index (χ2n) is 6.62. The van der Waals surface area contributed by atoms with E-state index in [1.165, 1.54) is 43.5 Å². The van der Waals surface area contributed by atoms with E-state index in [9.17, 15) is 0 Å². The van der Waals surface area contributed by atoms with Gasteiger partial charge in [-0.05, 0) is 25.7 Å². The van der Waals surface area contributed by atoms with Crippen LogP contribution in [0, 0.1) is 12.8 Å². The van der Waals surface area contributed by atoms with Crippen LogP contribution in [0.4, 0.5) is 0 Å². The lowest BCUT2D eigenvalue weighted by Crippen LogP contribution is -2.51. The van der Waals surface area contributed by atoms with Crippen molar-refractivity contribution >= 4 is 29.2 Å². The molecule has 2 heteroatoms. The first-order valence-electron chi connectivity index (χ1n) is 8.34. The van der Waals surface area contributed by atoms with Gasteiger partial charge in [0.15, 0.2) is 0 Å². The number of hydrogen-bond donors (Lipinski definition) is 0. The molecular formula is C18H29BrSi. The highest BCUT2D eigenvalue weighted by Crippen LogP contribution is 2.38. The zero-order chi connectivity index (χ0) is 14.4. The average molecular weight is 353 g/mol. The van der Waals surface area contributed by atoms with E-state index >= 15 is 0 Å².